The first-order valence-electron chi connectivity index (χ1n) is 7.55. The minimum Gasteiger partial charge on any atom is -0.0656 e. The van der Waals surface area contributed by atoms with Crippen LogP contribution in [0.3, 0.4) is 0 Å². The van der Waals surface area contributed by atoms with Gasteiger partial charge in [0.05, 0.1) is 0 Å². The standard InChI is InChI=1S/C6H14.C4H10.2C3H8/c1-4-6(3)5-2;1-3-4-2;2*1-3-2/h6H,4-5H2,1-3H3;3-4H2,1-2H3;2*3H2,1-2H3. The highest BCUT2D eigenvalue weighted by atomic mass is 13.9. The molecule has 104 valence electrons. The predicted molar refractivity (Wildman–Crippen MR) is 82.3 cm³/mol. The molecule has 0 aliphatic heterocycles. The second-order valence-electron chi connectivity index (χ2n) is 4.34. The van der Waals surface area contributed by atoms with E-state index in [1.165, 1.54) is 38.5 Å². The van der Waals surface area contributed by atoms with Gasteiger partial charge in [0.2, 0.25) is 0 Å². The largest absolute Gasteiger partial charge is 0.0656 e. The monoisotopic (exact) mass is 232 g/mol. The maximum absolute atomic E-state index is 2.28. The Morgan fingerprint density at radius 2 is 0.750 bits per heavy atom. The smallest absolute Gasteiger partial charge is 0.0448 e. The number of rotatable bonds is 3. The van der Waals surface area contributed by atoms with Crippen molar-refractivity contribution in [1.82, 2.24) is 0 Å². The minimum absolute atomic E-state index is 0.935. The summed E-state index contributed by atoms with van der Waals surface area (Å²) in [6.45, 7) is 19.6. The maximum Gasteiger partial charge on any atom is -0.0448 e. The fourth-order valence-corrected chi connectivity index (χ4v) is 0.289. The molecule has 0 aromatic rings. The van der Waals surface area contributed by atoms with Crippen LogP contribution in [-0.4, -0.2) is 0 Å². The van der Waals surface area contributed by atoms with Crippen molar-refractivity contribution in [3.05, 3.63) is 0 Å². The molecule has 0 N–H and O–H groups in total. The molecule has 0 atom stereocenters. The Morgan fingerprint density at radius 3 is 0.750 bits per heavy atom. The first-order chi connectivity index (χ1) is 7.55. The zero-order chi connectivity index (χ0) is 13.8. The number of hydrogen-bond acceptors (Lipinski definition) is 0. The number of unbranched alkanes of at least 4 members (excludes halogenated alkanes) is 1. The van der Waals surface area contributed by atoms with Crippen LogP contribution in [0.15, 0.2) is 0 Å². The molecule has 0 rings (SSSR count). The van der Waals surface area contributed by atoms with Crippen molar-refractivity contribution in [2.24, 2.45) is 5.92 Å². The summed E-state index contributed by atoms with van der Waals surface area (Å²) in [5.74, 6) is 0.935. The van der Waals surface area contributed by atoms with Gasteiger partial charge >= 0.3 is 0 Å². The van der Waals surface area contributed by atoms with Crippen molar-refractivity contribution in [1.29, 1.82) is 0 Å². The van der Waals surface area contributed by atoms with Crippen molar-refractivity contribution in [2.75, 3.05) is 0 Å². The van der Waals surface area contributed by atoms with Gasteiger partial charge in [0.15, 0.2) is 0 Å². The van der Waals surface area contributed by atoms with Crippen LogP contribution in [0.2, 0.25) is 0 Å². The molecule has 0 fully saturated rings. The Kier molecular flexibility index (Phi) is 56.7. The van der Waals surface area contributed by atoms with Crippen LogP contribution >= 0.6 is 0 Å². The van der Waals surface area contributed by atoms with Gasteiger partial charge in [-0.1, -0.05) is 101 Å². The van der Waals surface area contributed by atoms with Gasteiger partial charge in [-0.25, -0.2) is 0 Å². The lowest BCUT2D eigenvalue weighted by Gasteiger charge is -1.98. The Hall–Kier alpha value is 0. The average Bonchev–Trinajstić information content (AvgIpc) is 2.30. The second-order valence-corrected chi connectivity index (χ2v) is 4.34. The minimum atomic E-state index is 0.935. The second kappa shape index (κ2) is 36.3. The van der Waals surface area contributed by atoms with Gasteiger partial charge in [0, 0.05) is 0 Å². The molecule has 0 heterocycles. The van der Waals surface area contributed by atoms with Crippen molar-refractivity contribution in [3.8, 4) is 0 Å². The first-order valence-corrected chi connectivity index (χ1v) is 7.55. The zero-order valence-corrected chi connectivity index (χ0v) is 13.8. The van der Waals surface area contributed by atoms with E-state index in [1.54, 1.807) is 0 Å². The van der Waals surface area contributed by atoms with Crippen LogP contribution < -0.4 is 0 Å². The van der Waals surface area contributed by atoms with Crippen LogP contribution in [0.25, 0.3) is 0 Å². The SMILES string of the molecule is CCC.CCC.CCC(C)CC.CCCC. The van der Waals surface area contributed by atoms with E-state index in [4.69, 9.17) is 0 Å². The molecule has 0 aliphatic carbocycles. The molecule has 0 radical (unpaired) electrons. The van der Waals surface area contributed by atoms with Crippen molar-refractivity contribution < 1.29 is 0 Å². The number of hydrogen-bond donors (Lipinski definition) is 0. The van der Waals surface area contributed by atoms with Crippen LogP contribution in [0.5, 0.6) is 0 Å². The Bertz CT molecular complexity index is 49.1. The molecular weight excluding hydrogens is 192 g/mol. The fourth-order valence-electron chi connectivity index (χ4n) is 0.289. The molecule has 0 amide bonds. The van der Waals surface area contributed by atoms with E-state index >= 15 is 0 Å². The van der Waals surface area contributed by atoms with Crippen molar-refractivity contribution in [3.63, 3.8) is 0 Å². The summed E-state index contributed by atoms with van der Waals surface area (Å²) in [4.78, 5) is 0. The van der Waals surface area contributed by atoms with Gasteiger partial charge < -0.3 is 0 Å². The van der Waals surface area contributed by atoms with E-state index in [9.17, 15) is 0 Å². The van der Waals surface area contributed by atoms with Gasteiger partial charge in [-0.3, -0.25) is 0 Å². The maximum atomic E-state index is 2.28. The van der Waals surface area contributed by atoms with Crippen LogP contribution in [0, 0.1) is 5.92 Å². The Morgan fingerprint density at radius 1 is 0.562 bits per heavy atom. The summed E-state index contributed by atoms with van der Waals surface area (Å²) in [5.41, 5.74) is 0. The summed E-state index contributed by atoms with van der Waals surface area (Å²) < 4.78 is 0. The summed E-state index contributed by atoms with van der Waals surface area (Å²) in [5, 5.41) is 0. The highest BCUT2D eigenvalue weighted by Crippen LogP contribution is 2.02. The van der Waals surface area contributed by atoms with Crippen molar-refractivity contribution >= 4 is 0 Å². The van der Waals surface area contributed by atoms with E-state index in [2.05, 4.69) is 62.3 Å². The molecule has 0 saturated heterocycles. The lowest BCUT2D eigenvalue weighted by Crippen LogP contribution is -1.85. The highest BCUT2D eigenvalue weighted by molar-refractivity contribution is 4.41. The van der Waals surface area contributed by atoms with Crippen LogP contribution in [-0.2, 0) is 0 Å². The van der Waals surface area contributed by atoms with Crippen molar-refractivity contribution in [2.45, 2.75) is 101 Å². The van der Waals surface area contributed by atoms with Gasteiger partial charge in [-0.2, -0.15) is 0 Å². The van der Waals surface area contributed by atoms with Gasteiger partial charge in [-0.05, 0) is 5.92 Å². The van der Waals surface area contributed by atoms with E-state index in [1.807, 2.05) is 0 Å². The molecule has 0 unspecified atom stereocenters. The highest BCUT2D eigenvalue weighted by Gasteiger charge is 1.88. The first kappa shape index (κ1) is 25.0. The van der Waals surface area contributed by atoms with Crippen LogP contribution in [0.4, 0.5) is 0 Å². The zero-order valence-electron chi connectivity index (χ0n) is 13.8. The molecule has 0 heteroatoms. The fraction of sp³-hybridized carbons (Fsp3) is 1.00. The predicted octanol–water partition coefficient (Wildman–Crippen LogP) is 7.08. The molecule has 0 bridgehead atoms. The normalized spacial score (nSPS) is 7.88. The van der Waals surface area contributed by atoms with E-state index in [0.29, 0.717) is 0 Å². The molecule has 0 saturated carbocycles. The summed E-state index contributed by atoms with van der Waals surface area (Å²) >= 11 is 0. The topological polar surface area (TPSA) is 0 Å². The molecule has 0 nitrogen and oxygen atoms in total. The third-order valence-electron chi connectivity index (χ3n) is 1.89. The van der Waals surface area contributed by atoms with Gasteiger partial charge in [0.25, 0.3) is 0 Å². The van der Waals surface area contributed by atoms with E-state index in [-0.39, 0.29) is 0 Å². The van der Waals surface area contributed by atoms with Crippen LogP contribution in [0.1, 0.15) is 101 Å². The van der Waals surface area contributed by atoms with E-state index in [0.717, 1.165) is 5.92 Å². The molecule has 0 aliphatic rings. The lowest BCUT2D eigenvalue weighted by atomic mass is 10.1. The van der Waals surface area contributed by atoms with E-state index < -0.39 is 0 Å². The molecule has 0 aromatic carbocycles. The Balaban J connectivity index is -0.0000000635. The summed E-state index contributed by atoms with van der Waals surface area (Å²) in [6.07, 6.45) is 7.80. The quantitative estimate of drug-likeness (QED) is 0.487. The molecule has 0 aromatic heterocycles. The third kappa shape index (κ3) is 94.6. The lowest BCUT2D eigenvalue weighted by molar-refractivity contribution is 0.544. The third-order valence-corrected chi connectivity index (χ3v) is 1.89. The summed E-state index contributed by atoms with van der Waals surface area (Å²) in [6, 6.07) is 0. The van der Waals surface area contributed by atoms with Gasteiger partial charge in [-0.15, -0.1) is 0 Å². The van der Waals surface area contributed by atoms with Gasteiger partial charge in [0.1, 0.15) is 0 Å². The Labute approximate surface area is 107 Å². The average molecular weight is 232 g/mol. The molecule has 16 heavy (non-hydrogen) atoms. The molecular formula is C16H40. The summed E-state index contributed by atoms with van der Waals surface area (Å²) in [7, 11) is 0. The molecule has 0 spiro atoms.